The molecule has 1 aliphatic rings. The molecule has 1 atom stereocenters. The molecule has 1 amide bonds. The first kappa shape index (κ1) is 11.7. The highest BCUT2D eigenvalue weighted by molar-refractivity contribution is 5.98. The van der Waals surface area contributed by atoms with Gasteiger partial charge in [-0.05, 0) is 19.1 Å². The highest BCUT2D eigenvalue weighted by Gasteiger charge is 2.47. The van der Waals surface area contributed by atoms with Crippen molar-refractivity contribution in [1.29, 1.82) is 0 Å². The zero-order chi connectivity index (χ0) is 12.8. The fourth-order valence-electron chi connectivity index (χ4n) is 1.54. The number of halogens is 3. The van der Waals surface area contributed by atoms with E-state index in [0.29, 0.717) is 0 Å². The monoisotopic (exact) mass is 247 g/mol. The van der Waals surface area contributed by atoms with E-state index < -0.39 is 35.2 Å². The molecule has 17 heavy (non-hydrogen) atoms. The summed E-state index contributed by atoms with van der Waals surface area (Å²) in [5, 5.41) is 11.2. The number of aliphatic hydroxyl groups excluding tert-OH is 1. The van der Waals surface area contributed by atoms with E-state index in [1.165, 1.54) is 6.92 Å². The number of fused-ring (bicyclic) bond motifs is 1. The van der Waals surface area contributed by atoms with E-state index in [9.17, 15) is 23.1 Å². The molecule has 2 rings (SSSR count). The molecule has 0 radical (unpaired) electrons. The van der Waals surface area contributed by atoms with E-state index in [4.69, 9.17) is 0 Å². The number of rotatable bonds is 1. The molecule has 0 fully saturated rings. The molecule has 1 unspecified atom stereocenters. The first-order chi connectivity index (χ1) is 7.83. The molecule has 1 aromatic rings. The Labute approximate surface area is 94.0 Å². The highest BCUT2D eigenvalue weighted by Crippen LogP contribution is 2.41. The Morgan fingerprint density at radius 1 is 1.47 bits per heavy atom. The minimum absolute atomic E-state index is 0.0989. The highest BCUT2D eigenvalue weighted by atomic mass is 19.3. The maximum Gasteiger partial charge on any atom is 0.482 e. The van der Waals surface area contributed by atoms with Crippen LogP contribution in [0.1, 0.15) is 18.6 Å². The molecule has 7 heteroatoms. The molecule has 0 saturated heterocycles. The van der Waals surface area contributed by atoms with Crippen LogP contribution in [0.3, 0.4) is 0 Å². The maximum atomic E-state index is 13.4. The van der Waals surface area contributed by atoms with Crippen LogP contribution in [0.5, 0.6) is 5.75 Å². The van der Waals surface area contributed by atoms with Crippen LogP contribution in [-0.4, -0.2) is 17.1 Å². The third kappa shape index (κ3) is 1.82. The number of carbonyl (C=O) groups is 1. The van der Waals surface area contributed by atoms with Crippen LogP contribution in [0.15, 0.2) is 12.1 Å². The van der Waals surface area contributed by atoms with Crippen LogP contribution in [0.2, 0.25) is 0 Å². The lowest BCUT2D eigenvalue weighted by Crippen LogP contribution is -2.43. The number of alkyl halides is 2. The van der Waals surface area contributed by atoms with Gasteiger partial charge in [-0.2, -0.15) is 8.78 Å². The van der Waals surface area contributed by atoms with Gasteiger partial charge in [-0.15, -0.1) is 0 Å². The summed E-state index contributed by atoms with van der Waals surface area (Å²) in [5.74, 6) is -3.07. The largest absolute Gasteiger partial charge is 0.482 e. The average Bonchev–Trinajstić information content (AvgIpc) is 2.19. The van der Waals surface area contributed by atoms with Crippen molar-refractivity contribution >= 4 is 11.6 Å². The fraction of sp³-hybridized carbons (Fsp3) is 0.300. The maximum absolute atomic E-state index is 13.4. The second-order valence-electron chi connectivity index (χ2n) is 3.59. The number of benzene rings is 1. The van der Waals surface area contributed by atoms with Crippen molar-refractivity contribution < 1.29 is 27.8 Å². The lowest BCUT2D eigenvalue weighted by molar-refractivity contribution is -0.189. The number of carbonyl (C=O) groups excluding carboxylic acids is 1. The summed E-state index contributed by atoms with van der Waals surface area (Å²) in [6.07, 6.45) is -5.42. The van der Waals surface area contributed by atoms with Crippen molar-refractivity contribution in [3.63, 3.8) is 0 Å². The summed E-state index contributed by atoms with van der Waals surface area (Å²) in [5.41, 5.74) is -0.514. The van der Waals surface area contributed by atoms with E-state index in [-0.39, 0.29) is 5.69 Å². The summed E-state index contributed by atoms with van der Waals surface area (Å²) in [4.78, 5) is 10.9. The number of amides is 1. The Bertz CT molecular complexity index is 488. The number of hydrogen-bond donors (Lipinski definition) is 2. The summed E-state index contributed by atoms with van der Waals surface area (Å²) in [6, 6.07) is 2.04. The molecule has 92 valence electrons. The van der Waals surface area contributed by atoms with Gasteiger partial charge in [-0.25, -0.2) is 4.39 Å². The number of anilines is 1. The van der Waals surface area contributed by atoms with Gasteiger partial charge < -0.3 is 15.2 Å². The molecule has 0 aliphatic carbocycles. The van der Waals surface area contributed by atoms with Gasteiger partial charge in [-0.3, -0.25) is 4.79 Å². The Morgan fingerprint density at radius 2 is 2.12 bits per heavy atom. The van der Waals surface area contributed by atoms with Gasteiger partial charge in [0.05, 0.1) is 17.4 Å². The van der Waals surface area contributed by atoms with Crippen LogP contribution in [0.25, 0.3) is 0 Å². The molecule has 0 spiro atoms. The van der Waals surface area contributed by atoms with Crippen molar-refractivity contribution in [3.8, 4) is 5.75 Å². The van der Waals surface area contributed by atoms with Crippen molar-refractivity contribution in [2.45, 2.75) is 19.1 Å². The van der Waals surface area contributed by atoms with E-state index in [1.54, 1.807) is 0 Å². The van der Waals surface area contributed by atoms with Gasteiger partial charge >= 0.3 is 12.0 Å². The topological polar surface area (TPSA) is 58.6 Å². The minimum Gasteiger partial charge on any atom is -0.423 e. The predicted molar refractivity (Wildman–Crippen MR) is 51.2 cm³/mol. The fourth-order valence-corrected chi connectivity index (χ4v) is 1.54. The minimum atomic E-state index is -4.08. The zero-order valence-corrected chi connectivity index (χ0v) is 8.63. The quantitative estimate of drug-likeness (QED) is 0.795. The SMILES string of the molecule is CC(O)c1c(F)ccc2c1OC(F)(F)C(=O)N2. The number of hydrogen-bond acceptors (Lipinski definition) is 3. The standard InChI is InChI=1S/C10H8F3NO3/c1-4(15)7-5(11)2-3-6-8(7)17-10(12,13)9(16)14-6/h2-4,15H,1H3,(H,14,16). The lowest BCUT2D eigenvalue weighted by atomic mass is 10.1. The average molecular weight is 247 g/mol. The van der Waals surface area contributed by atoms with Gasteiger partial charge in [0.25, 0.3) is 0 Å². The van der Waals surface area contributed by atoms with Gasteiger partial charge in [0.1, 0.15) is 5.82 Å². The summed E-state index contributed by atoms with van der Waals surface area (Å²) in [7, 11) is 0. The zero-order valence-electron chi connectivity index (χ0n) is 8.63. The molecule has 1 heterocycles. The third-order valence-electron chi connectivity index (χ3n) is 2.30. The van der Waals surface area contributed by atoms with Gasteiger partial charge in [0, 0.05) is 0 Å². The first-order valence-electron chi connectivity index (χ1n) is 4.71. The van der Waals surface area contributed by atoms with Crippen LogP contribution < -0.4 is 10.1 Å². The van der Waals surface area contributed by atoms with Crippen LogP contribution in [0.4, 0.5) is 18.9 Å². The summed E-state index contributed by atoms with van der Waals surface area (Å²) in [6.45, 7) is 1.20. The van der Waals surface area contributed by atoms with Crippen molar-refractivity contribution in [1.82, 2.24) is 0 Å². The van der Waals surface area contributed by atoms with Crippen molar-refractivity contribution in [3.05, 3.63) is 23.5 Å². The molecule has 0 bridgehead atoms. The third-order valence-corrected chi connectivity index (χ3v) is 2.30. The number of nitrogens with one attached hydrogen (secondary N) is 1. The van der Waals surface area contributed by atoms with E-state index in [1.807, 2.05) is 5.32 Å². The molecular weight excluding hydrogens is 239 g/mol. The molecule has 4 nitrogen and oxygen atoms in total. The molecule has 0 saturated carbocycles. The second-order valence-corrected chi connectivity index (χ2v) is 3.59. The molecule has 1 aliphatic heterocycles. The predicted octanol–water partition coefficient (Wildman–Crippen LogP) is 1.80. The van der Waals surface area contributed by atoms with Gasteiger partial charge in [-0.1, -0.05) is 0 Å². The van der Waals surface area contributed by atoms with Crippen LogP contribution in [0, 0.1) is 5.82 Å². The molecule has 2 N–H and O–H groups in total. The Morgan fingerprint density at radius 3 is 2.71 bits per heavy atom. The van der Waals surface area contributed by atoms with E-state index in [2.05, 4.69) is 4.74 Å². The molecular formula is C10H8F3NO3. The van der Waals surface area contributed by atoms with Gasteiger partial charge in [0.15, 0.2) is 5.75 Å². The van der Waals surface area contributed by atoms with Crippen LogP contribution >= 0.6 is 0 Å². The normalized spacial score (nSPS) is 19.0. The first-order valence-corrected chi connectivity index (χ1v) is 4.71. The molecule has 0 aromatic heterocycles. The summed E-state index contributed by atoms with van der Waals surface area (Å²) < 4.78 is 43.6. The van der Waals surface area contributed by atoms with E-state index >= 15 is 0 Å². The second kappa shape index (κ2) is 3.63. The number of ether oxygens (including phenoxy) is 1. The molecule has 1 aromatic carbocycles. The van der Waals surface area contributed by atoms with E-state index in [0.717, 1.165) is 12.1 Å². The van der Waals surface area contributed by atoms with Crippen LogP contribution in [-0.2, 0) is 4.79 Å². The Balaban J connectivity index is 2.60. The Kier molecular flexibility index (Phi) is 2.50. The van der Waals surface area contributed by atoms with Crippen molar-refractivity contribution in [2.75, 3.05) is 5.32 Å². The lowest BCUT2D eigenvalue weighted by Gasteiger charge is -2.27. The Hall–Kier alpha value is -1.76. The van der Waals surface area contributed by atoms with Gasteiger partial charge in [0.2, 0.25) is 0 Å². The smallest absolute Gasteiger partial charge is 0.423 e. The van der Waals surface area contributed by atoms with Crippen molar-refractivity contribution in [2.24, 2.45) is 0 Å². The number of aliphatic hydroxyl groups is 1. The summed E-state index contributed by atoms with van der Waals surface area (Å²) >= 11 is 0.